The third-order valence-corrected chi connectivity index (χ3v) is 30.9. The summed E-state index contributed by atoms with van der Waals surface area (Å²) in [6.07, 6.45) is 34.3. The Morgan fingerprint density at radius 2 is 0.791 bits per heavy atom. The number of thiophene rings is 3. The fourth-order valence-electron chi connectivity index (χ4n) is 19.9. The zero-order valence-electron chi connectivity index (χ0n) is 69.1. The van der Waals surface area contributed by atoms with E-state index in [4.69, 9.17) is 8.75 Å². The molecule has 4 amide bonds. The van der Waals surface area contributed by atoms with Crippen molar-refractivity contribution in [3.8, 4) is 62.6 Å². The second kappa shape index (κ2) is 35.7. The van der Waals surface area contributed by atoms with Crippen molar-refractivity contribution in [2.75, 3.05) is 13.1 Å². The van der Waals surface area contributed by atoms with Crippen LogP contribution in [0.2, 0.25) is 0 Å². The Morgan fingerprint density at radius 1 is 0.357 bits per heavy atom. The fourth-order valence-corrected chi connectivity index (χ4v) is 24.1. The van der Waals surface area contributed by atoms with Crippen LogP contribution in [0.4, 0.5) is 0 Å². The van der Waals surface area contributed by atoms with Gasteiger partial charge in [-0.2, -0.15) is 8.75 Å². The zero-order chi connectivity index (χ0) is 79.4. The van der Waals surface area contributed by atoms with Crippen LogP contribution in [0.25, 0.3) is 117 Å². The van der Waals surface area contributed by atoms with Crippen molar-refractivity contribution in [3.63, 3.8) is 0 Å². The van der Waals surface area contributed by atoms with Gasteiger partial charge in [0.2, 0.25) is 0 Å². The van der Waals surface area contributed by atoms with Crippen LogP contribution < -0.4 is 0 Å². The van der Waals surface area contributed by atoms with E-state index in [1.54, 1.807) is 11.1 Å². The molecular weight excluding hydrogens is 1490 g/mol. The van der Waals surface area contributed by atoms with E-state index in [1.165, 1.54) is 207 Å². The number of carbonyl (C=O) groups is 4. The number of rotatable bonds is 40. The number of benzene rings is 9. The third-order valence-electron chi connectivity index (χ3n) is 26.6. The monoisotopic (exact) mass is 1600 g/mol. The van der Waals surface area contributed by atoms with Gasteiger partial charge in [0.25, 0.3) is 23.6 Å². The van der Waals surface area contributed by atoms with Crippen LogP contribution >= 0.6 is 45.7 Å². The van der Waals surface area contributed by atoms with Crippen molar-refractivity contribution in [2.45, 2.75) is 247 Å². The lowest BCUT2D eigenvalue weighted by Crippen LogP contribution is -2.43. The highest BCUT2D eigenvalue weighted by molar-refractivity contribution is 7.25. The van der Waals surface area contributed by atoms with E-state index in [1.807, 2.05) is 82.5 Å². The van der Waals surface area contributed by atoms with Gasteiger partial charge in [-0.05, 0) is 193 Å². The Hall–Kier alpha value is -8.52. The molecule has 12 heteroatoms. The summed E-state index contributed by atoms with van der Waals surface area (Å²) in [5, 5.41) is 6.65. The highest BCUT2D eigenvalue weighted by Gasteiger charge is 2.43. The van der Waals surface area contributed by atoms with Gasteiger partial charge in [-0.15, -0.1) is 34.0 Å². The Labute approximate surface area is 698 Å². The van der Waals surface area contributed by atoms with Crippen LogP contribution in [0.15, 0.2) is 152 Å². The number of hydrogen-bond donors (Lipinski definition) is 0. The van der Waals surface area contributed by atoms with Crippen LogP contribution in [0.3, 0.4) is 0 Å². The highest BCUT2D eigenvalue weighted by atomic mass is 32.1. The first-order valence-electron chi connectivity index (χ1n) is 44.2. The first-order chi connectivity index (χ1) is 56.3. The van der Waals surface area contributed by atoms with Crippen molar-refractivity contribution in [2.24, 2.45) is 17.8 Å². The van der Waals surface area contributed by atoms with Gasteiger partial charge in [-0.3, -0.25) is 29.0 Å². The van der Waals surface area contributed by atoms with Crippen molar-refractivity contribution in [3.05, 3.63) is 202 Å². The maximum absolute atomic E-state index is 14.9. The number of aromatic nitrogens is 2. The summed E-state index contributed by atoms with van der Waals surface area (Å²) >= 11 is 7.10. The van der Waals surface area contributed by atoms with Crippen LogP contribution in [0, 0.1) is 17.8 Å². The van der Waals surface area contributed by atoms with Gasteiger partial charge in [0, 0.05) is 91.9 Å². The lowest BCUT2D eigenvalue weighted by Gasteiger charge is -2.33. The van der Waals surface area contributed by atoms with Crippen molar-refractivity contribution < 1.29 is 19.2 Å². The van der Waals surface area contributed by atoms with Gasteiger partial charge in [0.1, 0.15) is 11.0 Å². The topological polar surface area (TPSA) is 101 Å². The molecule has 16 rings (SSSR count). The molecule has 0 bridgehead atoms. The SMILES string of the molecule is CCCCCCCCC1(CCCCCCCC)c2ccccc2-c2ccc(-c3ccc(-c4sc(-c5ccc(-c6cc(CC(CC)CCCC)c(-c7ccc(CCN8C(=O)c9ccc%10c%11ccc%12c%13c(ccc(c%14ccc(c9c%10%14)C8=O)c%13%11)C(=O)N(CC(CC)CCCC)C%12=O)cc7)s6)c6nsnc56)cc4CC(CC)CCCC)s3)cc21. The van der Waals surface area contributed by atoms with Gasteiger partial charge in [-0.1, -0.05) is 300 Å². The molecular formula is C103H114N4O4S4. The first kappa shape index (κ1) is 80.3. The molecule has 13 aromatic rings. The van der Waals surface area contributed by atoms with E-state index in [0.29, 0.717) is 57.8 Å². The Balaban J connectivity index is 0.671. The summed E-state index contributed by atoms with van der Waals surface area (Å²) in [6.45, 7) is 18.9. The van der Waals surface area contributed by atoms with Crippen molar-refractivity contribution in [1.82, 2.24) is 18.5 Å². The van der Waals surface area contributed by atoms with E-state index in [-0.39, 0.29) is 41.5 Å². The van der Waals surface area contributed by atoms with Crippen molar-refractivity contribution >= 4 is 123 Å². The van der Waals surface area contributed by atoms with Gasteiger partial charge < -0.3 is 0 Å². The third kappa shape index (κ3) is 15.4. The normalized spacial score (nSPS) is 14.6. The molecule has 3 aliphatic rings. The molecule has 6 heterocycles. The average Bonchev–Trinajstić information content (AvgIpc) is 1.68. The quantitative estimate of drug-likeness (QED) is 0.0164. The number of carbonyl (C=O) groups excluding carboxylic acids is 4. The number of fused-ring (bicyclic) bond motifs is 6. The molecule has 4 aromatic heterocycles. The van der Waals surface area contributed by atoms with Gasteiger partial charge in [0.15, 0.2) is 0 Å². The maximum Gasteiger partial charge on any atom is 0.261 e. The molecule has 0 saturated heterocycles. The van der Waals surface area contributed by atoms with E-state index >= 15 is 0 Å². The number of hydrogen-bond acceptors (Lipinski definition) is 10. The smallest absolute Gasteiger partial charge is 0.261 e. The van der Waals surface area contributed by atoms with E-state index in [2.05, 4.69) is 159 Å². The molecule has 8 nitrogen and oxygen atoms in total. The number of unbranched alkanes of at least 4 members (excludes halogenated alkanes) is 13. The van der Waals surface area contributed by atoms with E-state index in [9.17, 15) is 19.2 Å². The summed E-state index contributed by atoms with van der Waals surface area (Å²) in [5.74, 6) is 0.315. The number of nitrogens with zero attached hydrogens (tertiary/aromatic N) is 4. The number of amides is 4. The Kier molecular flexibility index (Phi) is 25.0. The fraction of sp³-hybridized carbons (Fsp3) is 0.417. The summed E-state index contributed by atoms with van der Waals surface area (Å²) in [6, 6.07) is 55.9. The van der Waals surface area contributed by atoms with Crippen molar-refractivity contribution in [1.29, 1.82) is 0 Å². The molecule has 1 aliphatic carbocycles. The van der Waals surface area contributed by atoms with Gasteiger partial charge >= 0.3 is 0 Å². The molecule has 0 radical (unpaired) electrons. The molecule has 0 saturated carbocycles. The molecule has 3 unspecified atom stereocenters. The largest absolute Gasteiger partial charge is 0.274 e. The molecule has 9 aromatic carbocycles. The van der Waals surface area contributed by atoms with Crippen LogP contribution in [0.5, 0.6) is 0 Å². The summed E-state index contributed by atoms with van der Waals surface area (Å²) in [5.41, 5.74) is 18.7. The summed E-state index contributed by atoms with van der Waals surface area (Å²) < 4.78 is 10.4. The predicted molar refractivity (Wildman–Crippen MR) is 490 cm³/mol. The van der Waals surface area contributed by atoms with E-state index < -0.39 is 0 Å². The summed E-state index contributed by atoms with van der Waals surface area (Å²) in [4.78, 5) is 69.2. The van der Waals surface area contributed by atoms with Gasteiger partial charge in [0.05, 0.1) is 11.7 Å². The molecule has 0 spiro atoms. The van der Waals surface area contributed by atoms with Crippen LogP contribution in [0.1, 0.15) is 292 Å². The average molecular weight is 1600 g/mol. The van der Waals surface area contributed by atoms with E-state index in [0.717, 1.165) is 117 Å². The second-order valence-electron chi connectivity index (χ2n) is 33.9. The van der Waals surface area contributed by atoms with Crippen LogP contribution in [-0.4, -0.2) is 55.3 Å². The molecule has 0 fully saturated rings. The zero-order valence-corrected chi connectivity index (χ0v) is 72.4. The minimum Gasteiger partial charge on any atom is -0.274 e. The lowest BCUT2D eigenvalue weighted by atomic mass is 9.70. The highest BCUT2D eigenvalue weighted by Crippen LogP contribution is 2.57. The van der Waals surface area contributed by atoms with Crippen LogP contribution in [-0.2, 0) is 24.7 Å². The van der Waals surface area contributed by atoms with Gasteiger partial charge in [-0.25, -0.2) is 0 Å². The number of imide groups is 2. The standard InChI is InChI=1S/C103H114N4O4S4/c1-9-17-22-24-26-30-56-103(57-31-27-25-23-18-10-2)85-36-29-28-35-73(85)74-42-41-70(61-86(74)103)87-53-54-88(112-87)98-72(60-66(15-7)33-20-12-4)63-90(114-98)80-48-47-79(95-96(80)105-115-104-95)89-62-71(59-65(14-6)32-19-11-3)97(113-89)69-39-37-68(38-40-69)55-58-106-99(108)81-49-43-75-77-45-51-83-94-84(102(111)107(101(83)110)64-67(16-8)34-21-13-5)52-46-78(92(77)94)76-44-50-82(100(106)109)93(81)91(75)76/h28-29,35-54,61-63,65-67H,9-27,30-34,55-60,64H2,1-8H3. The predicted octanol–water partition coefficient (Wildman–Crippen LogP) is 30.2. The molecule has 115 heavy (non-hydrogen) atoms. The second-order valence-corrected chi connectivity index (χ2v) is 37.6. The molecule has 3 atom stereocenters. The Morgan fingerprint density at radius 3 is 1.31 bits per heavy atom. The minimum absolute atomic E-state index is 0.0328. The molecule has 2 aliphatic heterocycles. The summed E-state index contributed by atoms with van der Waals surface area (Å²) in [7, 11) is 0. The molecule has 0 N–H and O–H groups in total. The first-order valence-corrected chi connectivity index (χ1v) is 47.4. The lowest BCUT2D eigenvalue weighted by molar-refractivity contribution is 0.0574. The minimum atomic E-state index is -0.299. The maximum atomic E-state index is 14.9. The molecule has 594 valence electrons. The Bertz CT molecular complexity index is 5570.